The molecule has 7 nitrogen and oxygen atoms in total. The summed E-state index contributed by atoms with van der Waals surface area (Å²) in [6, 6.07) is 11.2. The number of benzene rings is 2. The predicted molar refractivity (Wildman–Crippen MR) is 119 cm³/mol. The molecule has 2 saturated heterocycles. The van der Waals surface area contributed by atoms with E-state index in [9.17, 15) is 23.5 Å². The van der Waals surface area contributed by atoms with Gasteiger partial charge in [0.1, 0.15) is 17.7 Å². The smallest absolute Gasteiger partial charge is 0.257 e. The van der Waals surface area contributed by atoms with Crippen LogP contribution in [0.5, 0.6) is 0 Å². The molecule has 2 heterocycles. The Morgan fingerprint density at radius 2 is 1.82 bits per heavy atom. The third-order valence-corrected chi connectivity index (χ3v) is 6.16. The Bertz CT molecular complexity index is 1000. The largest absolute Gasteiger partial charge is 0.389 e. The summed E-state index contributed by atoms with van der Waals surface area (Å²) >= 11 is 0. The summed E-state index contributed by atoms with van der Waals surface area (Å²) in [5.41, 5.74) is 0.728. The third-order valence-electron chi connectivity index (χ3n) is 6.16. The fourth-order valence-electron chi connectivity index (χ4n) is 4.45. The van der Waals surface area contributed by atoms with Gasteiger partial charge in [-0.2, -0.15) is 0 Å². The van der Waals surface area contributed by atoms with Gasteiger partial charge in [-0.05, 0) is 42.7 Å². The number of halogens is 2. The van der Waals surface area contributed by atoms with Crippen LogP contribution in [0.3, 0.4) is 0 Å². The summed E-state index contributed by atoms with van der Waals surface area (Å²) in [5, 5.41) is 13.1. The van der Waals surface area contributed by atoms with Gasteiger partial charge in [-0.15, -0.1) is 0 Å². The van der Waals surface area contributed by atoms with Gasteiger partial charge in [0.2, 0.25) is 5.91 Å². The zero-order valence-electron chi connectivity index (χ0n) is 18.7. The maximum Gasteiger partial charge on any atom is 0.257 e. The van der Waals surface area contributed by atoms with Gasteiger partial charge in [0.15, 0.2) is 0 Å². The maximum atomic E-state index is 14.3. The highest BCUT2D eigenvalue weighted by Crippen LogP contribution is 2.29. The van der Waals surface area contributed by atoms with Crippen molar-refractivity contribution < 1.29 is 33.0 Å². The van der Waals surface area contributed by atoms with Crippen molar-refractivity contribution in [3.8, 4) is 0 Å². The van der Waals surface area contributed by atoms with Gasteiger partial charge in [0.05, 0.1) is 43.4 Å². The van der Waals surface area contributed by atoms with Crippen LogP contribution in [-0.2, 0) is 20.8 Å². The SMILES string of the molecule is O=C(C[C@H]1CC[C@@H]2[C@H](COC[C@@H](O)CN2C(=O)c2ccccc2F)O1)NCc1ccc(F)cc1. The van der Waals surface area contributed by atoms with Crippen molar-refractivity contribution in [3.05, 3.63) is 71.3 Å². The van der Waals surface area contributed by atoms with Crippen LogP contribution in [0.2, 0.25) is 0 Å². The van der Waals surface area contributed by atoms with Crippen molar-refractivity contribution in [3.63, 3.8) is 0 Å². The first-order chi connectivity index (χ1) is 16.4. The van der Waals surface area contributed by atoms with E-state index in [1.807, 2.05) is 0 Å². The minimum Gasteiger partial charge on any atom is -0.389 e. The van der Waals surface area contributed by atoms with E-state index in [1.165, 1.54) is 35.2 Å². The molecule has 182 valence electrons. The molecule has 2 aromatic carbocycles. The Balaban J connectivity index is 1.39. The molecule has 0 spiro atoms. The molecule has 0 aromatic heterocycles. The number of carbonyl (C=O) groups is 2. The molecule has 0 bridgehead atoms. The van der Waals surface area contributed by atoms with Crippen LogP contribution in [0.1, 0.15) is 35.2 Å². The standard InChI is InChI=1S/C25H28F2N2O5/c26-17-7-5-16(6-8-17)12-28-24(31)11-19-9-10-22-23(34-19)15-33-14-18(30)13-29(22)25(32)20-3-1-2-4-21(20)27/h1-8,18-19,22-23,30H,9-15H2,(H,28,31)/t18-,19+,22+,23-/m0/s1. The van der Waals surface area contributed by atoms with Gasteiger partial charge in [-0.25, -0.2) is 8.78 Å². The first-order valence-corrected chi connectivity index (χ1v) is 11.4. The zero-order valence-corrected chi connectivity index (χ0v) is 18.7. The number of hydrogen-bond acceptors (Lipinski definition) is 5. The molecule has 2 N–H and O–H groups in total. The number of aliphatic hydroxyl groups excluding tert-OH is 1. The van der Waals surface area contributed by atoms with E-state index in [1.54, 1.807) is 18.2 Å². The third kappa shape index (κ3) is 5.97. The number of fused-ring (bicyclic) bond motifs is 1. The van der Waals surface area contributed by atoms with Crippen molar-refractivity contribution in [1.29, 1.82) is 0 Å². The van der Waals surface area contributed by atoms with Gasteiger partial charge in [0.25, 0.3) is 5.91 Å². The fraction of sp³-hybridized carbons (Fsp3) is 0.440. The van der Waals surface area contributed by atoms with E-state index in [4.69, 9.17) is 9.47 Å². The second-order valence-electron chi connectivity index (χ2n) is 8.68. The number of hydrogen-bond donors (Lipinski definition) is 2. The normalized spacial score (nSPS) is 25.1. The molecular formula is C25H28F2N2O5. The number of carbonyl (C=O) groups excluding carboxylic acids is 2. The van der Waals surface area contributed by atoms with E-state index in [2.05, 4.69) is 5.32 Å². The molecule has 4 atom stereocenters. The van der Waals surface area contributed by atoms with E-state index in [0.29, 0.717) is 12.8 Å². The van der Waals surface area contributed by atoms with Crippen LogP contribution in [-0.4, -0.2) is 65.9 Å². The van der Waals surface area contributed by atoms with Gasteiger partial charge in [-0.1, -0.05) is 24.3 Å². The number of aliphatic hydroxyl groups is 1. The Hall–Kier alpha value is -2.88. The first kappa shape index (κ1) is 24.3. The molecule has 2 aromatic rings. The first-order valence-electron chi connectivity index (χ1n) is 11.4. The van der Waals surface area contributed by atoms with Gasteiger partial charge < -0.3 is 24.8 Å². The van der Waals surface area contributed by atoms with Crippen molar-refractivity contribution in [2.45, 2.75) is 50.2 Å². The molecule has 0 saturated carbocycles. The minimum atomic E-state index is -0.897. The molecule has 34 heavy (non-hydrogen) atoms. The average molecular weight is 475 g/mol. The number of ether oxygens (including phenoxy) is 2. The van der Waals surface area contributed by atoms with E-state index in [0.717, 1.165) is 5.56 Å². The molecule has 0 radical (unpaired) electrons. The summed E-state index contributed by atoms with van der Waals surface area (Å²) in [6.45, 7) is 0.456. The molecule has 2 aliphatic rings. The van der Waals surface area contributed by atoms with E-state index in [-0.39, 0.29) is 56.1 Å². The van der Waals surface area contributed by atoms with Gasteiger partial charge in [0, 0.05) is 13.1 Å². The monoisotopic (exact) mass is 474 g/mol. The maximum absolute atomic E-state index is 14.3. The summed E-state index contributed by atoms with van der Waals surface area (Å²) < 4.78 is 39.0. The summed E-state index contributed by atoms with van der Waals surface area (Å²) in [6.07, 6.45) is -0.598. The number of β-amino-alcohol motifs (C(OH)–C–C–N with tert-alkyl or cyclic N) is 1. The minimum absolute atomic E-state index is 0.000513. The number of rotatable bonds is 5. The molecule has 0 unspecified atom stereocenters. The summed E-state index contributed by atoms with van der Waals surface area (Å²) in [5.74, 6) is -1.66. The second-order valence-corrected chi connectivity index (χ2v) is 8.68. The quantitative estimate of drug-likeness (QED) is 0.695. The lowest BCUT2D eigenvalue weighted by Gasteiger charge is -2.44. The molecule has 9 heteroatoms. The van der Waals surface area contributed by atoms with Crippen LogP contribution in [0.4, 0.5) is 8.78 Å². The molecule has 2 aliphatic heterocycles. The Morgan fingerprint density at radius 1 is 1.06 bits per heavy atom. The summed E-state index contributed by atoms with van der Waals surface area (Å²) in [7, 11) is 0. The Labute approximate surface area is 196 Å². The summed E-state index contributed by atoms with van der Waals surface area (Å²) in [4.78, 5) is 27.1. The molecule has 2 fully saturated rings. The Morgan fingerprint density at radius 3 is 2.59 bits per heavy atom. The molecule has 2 amide bonds. The molecular weight excluding hydrogens is 446 g/mol. The predicted octanol–water partition coefficient (Wildman–Crippen LogP) is 2.42. The van der Waals surface area contributed by atoms with Crippen LogP contribution < -0.4 is 5.32 Å². The lowest BCUT2D eigenvalue weighted by atomic mass is 9.94. The van der Waals surface area contributed by atoms with Crippen molar-refractivity contribution >= 4 is 11.8 Å². The van der Waals surface area contributed by atoms with Crippen molar-refractivity contribution in [2.75, 3.05) is 19.8 Å². The van der Waals surface area contributed by atoms with Gasteiger partial charge >= 0.3 is 0 Å². The van der Waals surface area contributed by atoms with Crippen molar-refractivity contribution in [2.24, 2.45) is 0 Å². The highest BCUT2D eigenvalue weighted by atomic mass is 19.1. The van der Waals surface area contributed by atoms with Gasteiger partial charge in [-0.3, -0.25) is 9.59 Å². The van der Waals surface area contributed by atoms with Crippen LogP contribution in [0.15, 0.2) is 48.5 Å². The van der Waals surface area contributed by atoms with Crippen LogP contribution >= 0.6 is 0 Å². The Kier molecular flexibility index (Phi) is 7.87. The second kappa shape index (κ2) is 11.0. The average Bonchev–Trinajstić information content (AvgIpc) is 2.81. The number of nitrogens with one attached hydrogen (secondary N) is 1. The number of nitrogens with zero attached hydrogens (tertiary/aromatic N) is 1. The topological polar surface area (TPSA) is 88.1 Å². The van der Waals surface area contributed by atoms with E-state index < -0.39 is 30.0 Å². The van der Waals surface area contributed by atoms with E-state index >= 15 is 0 Å². The highest BCUT2D eigenvalue weighted by Gasteiger charge is 2.40. The van der Waals surface area contributed by atoms with Crippen LogP contribution in [0, 0.1) is 11.6 Å². The fourth-order valence-corrected chi connectivity index (χ4v) is 4.45. The molecule has 4 rings (SSSR count). The lowest BCUT2D eigenvalue weighted by Crippen LogP contribution is -2.57. The van der Waals surface area contributed by atoms with Crippen LogP contribution in [0.25, 0.3) is 0 Å². The lowest BCUT2D eigenvalue weighted by molar-refractivity contribution is -0.151. The zero-order chi connectivity index (χ0) is 24.1. The van der Waals surface area contributed by atoms with Crippen molar-refractivity contribution in [1.82, 2.24) is 10.2 Å². The number of amides is 2. The molecule has 0 aliphatic carbocycles. The highest BCUT2D eigenvalue weighted by molar-refractivity contribution is 5.94.